The molecule has 104 valence electrons. The molecule has 1 N–H and O–H groups in total. The summed E-state index contributed by atoms with van der Waals surface area (Å²) in [6, 6.07) is 0.197. The van der Waals surface area contributed by atoms with E-state index in [0.717, 1.165) is 12.8 Å². The average molecular weight is 271 g/mol. The summed E-state index contributed by atoms with van der Waals surface area (Å²) < 4.78 is 21.2. The molecule has 1 aliphatic heterocycles. The van der Waals surface area contributed by atoms with Crippen LogP contribution < -0.4 is 4.72 Å². The number of hydrogen-bond acceptors (Lipinski definition) is 3. The van der Waals surface area contributed by atoms with Crippen LogP contribution in [0.2, 0.25) is 0 Å². The highest BCUT2D eigenvalue weighted by Crippen LogP contribution is 2.50. The normalized spacial score (nSPS) is 29.5. The van der Waals surface area contributed by atoms with Crippen molar-refractivity contribution in [1.29, 1.82) is 0 Å². The summed E-state index contributed by atoms with van der Waals surface area (Å²) in [5.41, 5.74) is 0.261. The lowest BCUT2D eigenvalue weighted by atomic mass is 9.91. The fraction of sp³-hybridized carbons (Fsp3) is 0.857. The van der Waals surface area contributed by atoms with Crippen LogP contribution in [0.5, 0.6) is 0 Å². The van der Waals surface area contributed by atoms with Gasteiger partial charge in [-0.05, 0) is 57.9 Å². The van der Waals surface area contributed by atoms with Gasteiger partial charge in [0.1, 0.15) is 10.9 Å². The number of nitrogens with one attached hydrogen (secondary N) is 1. The molecule has 0 amide bonds. The van der Waals surface area contributed by atoms with Crippen molar-refractivity contribution in [2.24, 2.45) is 5.41 Å². The molecule has 0 aromatic rings. The lowest BCUT2D eigenvalue weighted by Crippen LogP contribution is -2.53. The number of allylic oxidation sites excluding steroid dienone is 1. The zero-order valence-corrected chi connectivity index (χ0v) is 12.7. The lowest BCUT2D eigenvalue weighted by Gasteiger charge is -2.35. The summed E-state index contributed by atoms with van der Waals surface area (Å²) in [7, 11) is 0. The molecule has 2 rings (SSSR count). The second-order valence-electron chi connectivity index (χ2n) is 6.75. The maximum atomic E-state index is 12.3. The van der Waals surface area contributed by atoms with Gasteiger partial charge in [0.2, 0.25) is 0 Å². The van der Waals surface area contributed by atoms with E-state index in [-0.39, 0.29) is 22.3 Å². The minimum atomic E-state index is -1.03. The van der Waals surface area contributed by atoms with Crippen LogP contribution in [-0.2, 0) is 16.1 Å². The molecular formula is C14H25NO2S. The second kappa shape index (κ2) is 5.06. The van der Waals surface area contributed by atoms with E-state index >= 15 is 0 Å². The minimum absolute atomic E-state index is 0.161. The Morgan fingerprint density at radius 1 is 1.44 bits per heavy atom. The summed E-state index contributed by atoms with van der Waals surface area (Å²) >= 11 is -1.03. The van der Waals surface area contributed by atoms with Crippen molar-refractivity contribution >= 4 is 11.4 Å². The Kier molecular flexibility index (Phi) is 4.00. The summed E-state index contributed by atoms with van der Waals surface area (Å²) in [5.74, 6) is 0. The van der Waals surface area contributed by atoms with Gasteiger partial charge in [-0.2, -0.15) is 0 Å². The fourth-order valence-corrected chi connectivity index (χ4v) is 3.29. The molecule has 1 heterocycles. The van der Waals surface area contributed by atoms with Gasteiger partial charge >= 0.3 is 0 Å². The molecule has 1 fully saturated rings. The van der Waals surface area contributed by atoms with Crippen LogP contribution >= 0.6 is 0 Å². The quantitative estimate of drug-likeness (QED) is 0.800. The molecule has 0 aromatic carbocycles. The molecule has 3 atom stereocenters. The van der Waals surface area contributed by atoms with Crippen molar-refractivity contribution < 1.29 is 9.29 Å². The molecule has 1 saturated carbocycles. The first-order chi connectivity index (χ1) is 8.33. The molecule has 0 aromatic heterocycles. The average Bonchev–Trinajstić information content (AvgIpc) is 3.04. The topological polar surface area (TPSA) is 44.3 Å². The standard InChI is InChI=1S/C14H25NO2S/c1-13(2,3)18(16)15-12(14(4)8-9-14)11-7-5-6-10-17-11/h6,10-12,15H,5,7-9H2,1-4H3/t11-,12+,18?/m0/s1. The summed E-state index contributed by atoms with van der Waals surface area (Å²) in [4.78, 5) is 0. The van der Waals surface area contributed by atoms with E-state index in [9.17, 15) is 4.55 Å². The minimum Gasteiger partial charge on any atom is -0.598 e. The Labute approximate surface area is 114 Å². The van der Waals surface area contributed by atoms with Gasteiger partial charge in [-0.3, -0.25) is 0 Å². The molecule has 3 nitrogen and oxygen atoms in total. The van der Waals surface area contributed by atoms with Crippen molar-refractivity contribution in [3.63, 3.8) is 0 Å². The Morgan fingerprint density at radius 2 is 2.11 bits per heavy atom. The smallest absolute Gasteiger partial charge is 0.136 e. The van der Waals surface area contributed by atoms with E-state index in [1.165, 1.54) is 12.8 Å². The van der Waals surface area contributed by atoms with Crippen LogP contribution in [0.15, 0.2) is 12.3 Å². The zero-order valence-electron chi connectivity index (χ0n) is 11.9. The highest BCUT2D eigenvalue weighted by atomic mass is 32.2. The van der Waals surface area contributed by atoms with Gasteiger partial charge in [0.15, 0.2) is 0 Å². The van der Waals surface area contributed by atoms with Crippen LogP contribution in [0, 0.1) is 5.41 Å². The Bertz CT molecular complexity index is 320. The molecule has 0 radical (unpaired) electrons. The molecule has 1 aliphatic carbocycles. The first kappa shape index (κ1) is 14.2. The SMILES string of the molecule is CC1([C@H](N[S+]([O-])C(C)(C)C)[C@@H]2CCC=CO2)CC1. The third-order valence-electron chi connectivity index (χ3n) is 3.92. The maximum absolute atomic E-state index is 12.3. The third kappa shape index (κ3) is 3.22. The Morgan fingerprint density at radius 3 is 2.56 bits per heavy atom. The third-order valence-corrected chi connectivity index (χ3v) is 5.50. The van der Waals surface area contributed by atoms with E-state index in [0.29, 0.717) is 0 Å². The van der Waals surface area contributed by atoms with E-state index in [1.807, 2.05) is 20.8 Å². The predicted molar refractivity (Wildman–Crippen MR) is 75.4 cm³/mol. The van der Waals surface area contributed by atoms with Gasteiger partial charge in [-0.15, -0.1) is 4.72 Å². The van der Waals surface area contributed by atoms with Gasteiger partial charge in [-0.1, -0.05) is 6.92 Å². The monoisotopic (exact) mass is 271 g/mol. The molecular weight excluding hydrogens is 246 g/mol. The number of rotatable bonds is 4. The molecule has 4 heteroatoms. The van der Waals surface area contributed by atoms with Crippen LogP contribution in [-0.4, -0.2) is 21.4 Å². The van der Waals surface area contributed by atoms with Crippen molar-refractivity contribution in [1.82, 2.24) is 4.72 Å². The van der Waals surface area contributed by atoms with E-state index < -0.39 is 11.4 Å². The van der Waals surface area contributed by atoms with E-state index in [2.05, 4.69) is 17.7 Å². The number of hydrogen-bond donors (Lipinski definition) is 1. The van der Waals surface area contributed by atoms with Gasteiger partial charge in [0.25, 0.3) is 0 Å². The predicted octanol–water partition coefficient (Wildman–Crippen LogP) is 2.90. The largest absolute Gasteiger partial charge is 0.598 e. The Balaban J connectivity index is 2.04. The molecule has 2 aliphatic rings. The second-order valence-corrected chi connectivity index (χ2v) is 8.75. The summed E-state index contributed by atoms with van der Waals surface area (Å²) in [5, 5.41) is 0. The van der Waals surface area contributed by atoms with Crippen molar-refractivity contribution in [2.75, 3.05) is 0 Å². The fourth-order valence-electron chi connectivity index (χ4n) is 2.27. The molecule has 0 saturated heterocycles. The van der Waals surface area contributed by atoms with E-state index in [1.54, 1.807) is 6.26 Å². The van der Waals surface area contributed by atoms with Crippen molar-refractivity contribution in [3.05, 3.63) is 12.3 Å². The van der Waals surface area contributed by atoms with Gasteiger partial charge in [0.05, 0.1) is 12.3 Å². The van der Waals surface area contributed by atoms with Gasteiger partial charge in [0, 0.05) is 11.4 Å². The highest BCUT2D eigenvalue weighted by Gasteiger charge is 2.51. The zero-order chi connectivity index (χ0) is 13.4. The maximum Gasteiger partial charge on any atom is 0.136 e. The van der Waals surface area contributed by atoms with Gasteiger partial charge < -0.3 is 9.29 Å². The van der Waals surface area contributed by atoms with Crippen LogP contribution in [0.3, 0.4) is 0 Å². The molecule has 18 heavy (non-hydrogen) atoms. The molecule has 1 unspecified atom stereocenters. The Hall–Kier alpha value is -0.190. The molecule has 0 bridgehead atoms. The lowest BCUT2D eigenvalue weighted by molar-refractivity contribution is 0.0688. The first-order valence-corrected chi connectivity index (χ1v) is 7.96. The van der Waals surface area contributed by atoms with E-state index in [4.69, 9.17) is 4.74 Å². The highest BCUT2D eigenvalue weighted by molar-refractivity contribution is 7.90. The summed E-state index contributed by atoms with van der Waals surface area (Å²) in [6.07, 6.45) is 8.50. The van der Waals surface area contributed by atoms with Crippen molar-refractivity contribution in [3.8, 4) is 0 Å². The molecule has 0 spiro atoms. The van der Waals surface area contributed by atoms with Crippen LogP contribution in [0.25, 0.3) is 0 Å². The van der Waals surface area contributed by atoms with Crippen LogP contribution in [0.1, 0.15) is 53.4 Å². The number of ether oxygens (including phenoxy) is 1. The van der Waals surface area contributed by atoms with Crippen LogP contribution in [0.4, 0.5) is 0 Å². The van der Waals surface area contributed by atoms with Crippen molar-refractivity contribution in [2.45, 2.75) is 70.3 Å². The first-order valence-electron chi connectivity index (χ1n) is 6.81. The summed E-state index contributed by atoms with van der Waals surface area (Å²) in [6.45, 7) is 8.28. The van der Waals surface area contributed by atoms with Gasteiger partial charge in [-0.25, -0.2) is 0 Å².